The van der Waals surface area contributed by atoms with Gasteiger partial charge in [-0.3, -0.25) is 4.79 Å². The molecule has 176 valence electrons. The van der Waals surface area contributed by atoms with E-state index < -0.39 is 11.9 Å². The number of halogens is 3. The summed E-state index contributed by atoms with van der Waals surface area (Å²) in [5, 5.41) is 0. The minimum atomic E-state index is -4.57. The predicted molar refractivity (Wildman–Crippen MR) is 114 cm³/mol. The molecule has 0 N–H and O–H groups in total. The maximum atomic E-state index is 13.7. The van der Waals surface area contributed by atoms with Crippen molar-refractivity contribution in [2.75, 3.05) is 13.2 Å². The van der Waals surface area contributed by atoms with Gasteiger partial charge in [0.2, 0.25) is 5.88 Å². The average Bonchev–Trinajstić information content (AvgIpc) is 3.60. The Morgan fingerprint density at radius 2 is 1.88 bits per heavy atom. The van der Waals surface area contributed by atoms with Gasteiger partial charge in [0.25, 0.3) is 5.91 Å². The highest BCUT2D eigenvalue weighted by Gasteiger charge is 2.48. The van der Waals surface area contributed by atoms with Crippen molar-refractivity contribution in [3.8, 4) is 17.3 Å². The molecule has 2 aliphatic rings. The highest BCUT2D eigenvalue weighted by atomic mass is 19.4. The van der Waals surface area contributed by atoms with Crippen LogP contribution in [0.15, 0.2) is 43.0 Å². The molecular formula is C23H21F3N6O2. The van der Waals surface area contributed by atoms with Crippen LogP contribution in [-0.2, 0) is 6.18 Å². The van der Waals surface area contributed by atoms with Crippen LogP contribution in [0.25, 0.3) is 11.4 Å². The first-order valence-corrected chi connectivity index (χ1v) is 10.9. The lowest BCUT2D eigenvalue weighted by Crippen LogP contribution is -2.48. The number of hydrogen-bond acceptors (Lipinski definition) is 7. The lowest BCUT2D eigenvalue weighted by Gasteiger charge is -2.35. The molecule has 1 aliphatic heterocycles. The molecule has 2 fully saturated rings. The number of amides is 1. The molecule has 4 heterocycles. The van der Waals surface area contributed by atoms with Gasteiger partial charge in [0, 0.05) is 24.6 Å². The molecule has 3 aromatic rings. The van der Waals surface area contributed by atoms with Gasteiger partial charge < -0.3 is 9.64 Å². The van der Waals surface area contributed by atoms with Crippen molar-refractivity contribution < 1.29 is 22.7 Å². The fourth-order valence-electron chi connectivity index (χ4n) is 4.30. The third kappa shape index (κ3) is 4.55. The number of aryl methyl sites for hydroxylation is 1. The maximum absolute atomic E-state index is 13.7. The van der Waals surface area contributed by atoms with E-state index in [9.17, 15) is 18.0 Å². The zero-order chi connectivity index (χ0) is 23.9. The number of carbonyl (C=O) groups excluding carboxylic acids is 1. The Bertz CT molecular complexity index is 1190. The molecule has 11 heteroatoms. The number of nitrogens with zero attached hydrogens (tertiary/aromatic N) is 6. The van der Waals surface area contributed by atoms with Crippen LogP contribution in [0.5, 0.6) is 5.88 Å². The van der Waals surface area contributed by atoms with E-state index in [0.717, 1.165) is 19.0 Å². The molecule has 1 aliphatic carbocycles. The van der Waals surface area contributed by atoms with Crippen molar-refractivity contribution in [3.63, 3.8) is 0 Å². The van der Waals surface area contributed by atoms with Gasteiger partial charge in [0.1, 0.15) is 12.3 Å². The van der Waals surface area contributed by atoms with Gasteiger partial charge in [0.05, 0.1) is 24.0 Å². The number of alkyl halides is 3. The van der Waals surface area contributed by atoms with Crippen molar-refractivity contribution in [2.45, 2.75) is 32.0 Å². The molecule has 1 saturated carbocycles. The molecule has 0 bridgehead atoms. The van der Waals surface area contributed by atoms with Gasteiger partial charge in [-0.1, -0.05) is 0 Å². The number of pyridine rings is 1. The van der Waals surface area contributed by atoms with Crippen molar-refractivity contribution in [1.29, 1.82) is 0 Å². The van der Waals surface area contributed by atoms with Gasteiger partial charge in [-0.05, 0) is 49.8 Å². The molecule has 8 nitrogen and oxygen atoms in total. The molecule has 0 aromatic carbocycles. The van der Waals surface area contributed by atoms with Crippen LogP contribution < -0.4 is 4.74 Å². The van der Waals surface area contributed by atoms with Crippen molar-refractivity contribution >= 4 is 5.91 Å². The van der Waals surface area contributed by atoms with Crippen LogP contribution in [0.3, 0.4) is 0 Å². The Kier molecular flexibility index (Phi) is 5.62. The second kappa shape index (κ2) is 8.62. The molecule has 0 spiro atoms. The Hall–Kier alpha value is -3.63. The smallest absolute Gasteiger partial charge is 0.434 e. The van der Waals surface area contributed by atoms with Gasteiger partial charge >= 0.3 is 6.18 Å². The van der Waals surface area contributed by atoms with Crippen molar-refractivity contribution in [3.05, 3.63) is 60.1 Å². The van der Waals surface area contributed by atoms with E-state index in [1.54, 1.807) is 35.5 Å². The van der Waals surface area contributed by atoms with Crippen LogP contribution in [0.4, 0.5) is 13.2 Å². The number of piperidine rings is 1. The number of aromatic nitrogens is 5. The molecule has 34 heavy (non-hydrogen) atoms. The normalized spacial score (nSPS) is 21.6. The summed E-state index contributed by atoms with van der Waals surface area (Å²) in [6, 6.07) is 5.02. The van der Waals surface area contributed by atoms with E-state index in [1.165, 1.54) is 0 Å². The van der Waals surface area contributed by atoms with E-state index in [2.05, 4.69) is 24.9 Å². The molecule has 1 saturated heterocycles. The van der Waals surface area contributed by atoms with Crippen molar-refractivity contribution in [1.82, 2.24) is 29.8 Å². The Morgan fingerprint density at radius 3 is 2.59 bits per heavy atom. The predicted octanol–water partition coefficient (Wildman–Crippen LogP) is 3.59. The highest BCUT2D eigenvalue weighted by Crippen LogP contribution is 2.47. The number of carbonyl (C=O) groups is 1. The van der Waals surface area contributed by atoms with Gasteiger partial charge in [-0.25, -0.2) is 24.9 Å². The third-order valence-corrected chi connectivity index (χ3v) is 6.16. The summed E-state index contributed by atoms with van der Waals surface area (Å²) in [6.45, 7) is 2.47. The fraction of sp³-hybridized carbons (Fsp3) is 0.391. The van der Waals surface area contributed by atoms with E-state index in [0.29, 0.717) is 41.7 Å². The number of fused-ring (bicyclic) bond motifs is 1. The van der Waals surface area contributed by atoms with Crippen LogP contribution in [-0.4, -0.2) is 54.9 Å². The zero-order valence-corrected chi connectivity index (χ0v) is 18.2. The summed E-state index contributed by atoms with van der Waals surface area (Å²) in [7, 11) is 0. The van der Waals surface area contributed by atoms with Crippen LogP contribution in [0.2, 0.25) is 0 Å². The first-order valence-electron chi connectivity index (χ1n) is 10.9. The van der Waals surface area contributed by atoms with E-state index >= 15 is 0 Å². The minimum absolute atomic E-state index is 0.0228. The quantitative estimate of drug-likeness (QED) is 0.563. The third-order valence-electron chi connectivity index (χ3n) is 6.16. The SMILES string of the molecule is Cc1ccc(-c2ncccn2)c(C(=O)N2C[C@@H]3C[C@@H]3C[C@H]2COc2cnc(C(F)(F)F)cn2)n1. The van der Waals surface area contributed by atoms with Crippen LogP contribution in [0, 0.1) is 18.8 Å². The van der Waals surface area contributed by atoms with E-state index in [1.807, 2.05) is 6.92 Å². The molecule has 1 amide bonds. The Balaban J connectivity index is 1.37. The zero-order valence-electron chi connectivity index (χ0n) is 18.2. The number of ether oxygens (including phenoxy) is 1. The summed E-state index contributed by atoms with van der Waals surface area (Å²) in [4.78, 5) is 35.6. The number of hydrogen-bond donors (Lipinski definition) is 0. The molecule has 3 atom stereocenters. The molecular weight excluding hydrogens is 449 g/mol. The largest absolute Gasteiger partial charge is 0.474 e. The number of likely N-dealkylation sites (tertiary alicyclic amines) is 1. The van der Waals surface area contributed by atoms with E-state index in [4.69, 9.17) is 4.74 Å². The number of rotatable bonds is 5. The summed E-state index contributed by atoms with van der Waals surface area (Å²) >= 11 is 0. The monoisotopic (exact) mass is 470 g/mol. The Morgan fingerprint density at radius 1 is 1.09 bits per heavy atom. The lowest BCUT2D eigenvalue weighted by atomic mass is 10.0. The van der Waals surface area contributed by atoms with Gasteiger partial charge in [-0.2, -0.15) is 13.2 Å². The Labute approximate surface area is 193 Å². The highest BCUT2D eigenvalue weighted by molar-refractivity contribution is 5.98. The fourth-order valence-corrected chi connectivity index (χ4v) is 4.30. The van der Waals surface area contributed by atoms with E-state index in [-0.39, 0.29) is 30.1 Å². The molecule has 0 unspecified atom stereocenters. The second-order valence-corrected chi connectivity index (χ2v) is 8.57. The van der Waals surface area contributed by atoms with Gasteiger partial charge in [0.15, 0.2) is 11.5 Å². The van der Waals surface area contributed by atoms with Crippen LogP contribution in [0.1, 0.15) is 34.7 Å². The first kappa shape index (κ1) is 22.2. The standard InChI is InChI=1S/C23H21F3N6O2/c1-13-3-4-17(21-27-5-2-6-28-21)20(31-13)22(33)32-11-15-7-14(15)8-16(32)12-34-19-10-29-18(9-30-19)23(24,25)26/h2-6,9-10,14-16H,7-8,11-12H2,1H3/t14-,15+,16+/m1/s1. The van der Waals surface area contributed by atoms with Gasteiger partial charge in [-0.15, -0.1) is 0 Å². The average molecular weight is 470 g/mol. The maximum Gasteiger partial charge on any atom is 0.434 e. The molecule has 3 aromatic heterocycles. The van der Waals surface area contributed by atoms with Crippen LogP contribution >= 0.6 is 0 Å². The molecule has 0 radical (unpaired) electrons. The minimum Gasteiger partial charge on any atom is -0.474 e. The topological polar surface area (TPSA) is 94.0 Å². The summed E-state index contributed by atoms with van der Waals surface area (Å²) < 4.78 is 43.8. The lowest BCUT2D eigenvalue weighted by molar-refractivity contribution is -0.141. The summed E-state index contributed by atoms with van der Waals surface area (Å²) in [5.74, 6) is 1.09. The first-order chi connectivity index (χ1) is 16.3. The second-order valence-electron chi connectivity index (χ2n) is 8.57. The summed E-state index contributed by atoms with van der Waals surface area (Å²) in [6.07, 6.45) is 2.01. The van der Waals surface area contributed by atoms with Crippen molar-refractivity contribution in [2.24, 2.45) is 11.8 Å². The summed E-state index contributed by atoms with van der Waals surface area (Å²) in [5.41, 5.74) is 0.417. The molecule has 5 rings (SSSR count).